The molecule has 0 radical (unpaired) electrons. The molecule has 0 aliphatic heterocycles. The molecule has 0 aromatic heterocycles. The average Bonchev–Trinajstić information content (AvgIpc) is 3.40. The largest absolute Gasteiger partial charge is 2.00 e. The summed E-state index contributed by atoms with van der Waals surface area (Å²) in [6.45, 7) is 0. The fourth-order valence-electron chi connectivity index (χ4n) is 1.28. The SMILES string of the molecule is [Mg+2].[Ru+2].c1cc[cH-]c1.c1cc[cH-]c1.c1cc[cH-]c1.c1cc[cH-]c1. The summed E-state index contributed by atoms with van der Waals surface area (Å²) in [4.78, 5) is 0. The number of hydrogen-bond donors (Lipinski definition) is 0. The Morgan fingerprint density at radius 1 is 0.318 bits per heavy atom. The van der Waals surface area contributed by atoms with E-state index in [0.29, 0.717) is 0 Å². The Bertz CT molecular complexity index is 343. The molecule has 0 unspecified atom stereocenters. The van der Waals surface area contributed by atoms with Gasteiger partial charge in [0.15, 0.2) is 0 Å². The van der Waals surface area contributed by atoms with Crippen molar-refractivity contribution in [2.24, 2.45) is 0 Å². The normalized spacial score (nSPS) is 7.27. The van der Waals surface area contributed by atoms with Crippen molar-refractivity contribution in [1.29, 1.82) is 0 Å². The first-order chi connectivity index (χ1) is 10.0. The van der Waals surface area contributed by atoms with Crippen molar-refractivity contribution in [3.8, 4) is 0 Å². The van der Waals surface area contributed by atoms with E-state index in [9.17, 15) is 0 Å². The van der Waals surface area contributed by atoms with E-state index < -0.39 is 0 Å². The summed E-state index contributed by atoms with van der Waals surface area (Å²) >= 11 is 0. The standard InChI is InChI=1S/4C5H5.Mg.Ru/c4*1-2-4-5-3-1;;/h4*1-5H;;/q4*-1;2*+2. The van der Waals surface area contributed by atoms with Crippen molar-refractivity contribution in [1.82, 2.24) is 0 Å². The van der Waals surface area contributed by atoms with Crippen LogP contribution in [-0.4, -0.2) is 23.1 Å². The summed E-state index contributed by atoms with van der Waals surface area (Å²) in [6.07, 6.45) is 0. The molecule has 4 aromatic rings. The zero-order chi connectivity index (χ0) is 14.1. The topological polar surface area (TPSA) is 0 Å². The third-order valence-electron chi connectivity index (χ3n) is 2.22. The maximum atomic E-state index is 2.00. The molecule has 2 heteroatoms. The Hall–Kier alpha value is -1.21. The van der Waals surface area contributed by atoms with E-state index in [0.717, 1.165) is 0 Å². The van der Waals surface area contributed by atoms with E-state index in [1.54, 1.807) is 0 Å². The van der Waals surface area contributed by atoms with Gasteiger partial charge in [0.25, 0.3) is 0 Å². The average molecular weight is 386 g/mol. The first kappa shape index (κ1) is 23.1. The Morgan fingerprint density at radius 2 is 0.455 bits per heavy atom. The van der Waals surface area contributed by atoms with Gasteiger partial charge in [0.1, 0.15) is 0 Å². The van der Waals surface area contributed by atoms with Crippen LogP contribution in [0.15, 0.2) is 121 Å². The van der Waals surface area contributed by atoms with Gasteiger partial charge in [-0.2, -0.15) is 72.8 Å². The number of hydrogen-bond acceptors (Lipinski definition) is 0. The van der Waals surface area contributed by atoms with Crippen LogP contribution in [0.1, 0.15) is 0 Å². The van der Waals surface area contributed by atoms with Gasteiger partial charge in [-0.1, -0.05) is 0 Å². The van der Waals surface area contributed by atoms with E-state index in [4.69, 9.17) is 0 Å². The predicted octanol–water partition coefficient (Wildman–Crippen LogP) is 5.24. The predicted molar refractivity (Wildman–Crippen MR) is 93.9 cm³/mol. The smallest absolute Gasteiger partial charge is 0.214 e. The fraction of sp³-hybridized carbons (Fsp3) is 0. The van der Waals surface area contributed by atoms with Gasteiger partial charge in [-0.25, -0.2) is 48.5 Å². The zero-order valence-electron chi connectivity index (χ0n) is 12.6. The van der Waals surface area contributed by atoms with Gasteiger partial charge < -0.3 is 0 Å². The molecule has 0 spiro atoms. The second kappa shape index (κ2) is 19.8. The van der Waals surface area contributed by atoms with E-state index in [1.165, 1.54) is 0 Å². The summed E-state index contributed by atoms with van der Waals surface area (Å²) < 4.78 is 0. The maximum Gasteiger partial charge on any atom is 2.00 e. The second-order valence-corrected chi connectivity index (χ2v) is 3.85. The molecule has 22 heavy (non-hydrogen) atoms. The Labute approximate surface area is 163 Å². The molecule has 0 nitrogen and oxygen atoms in total. The van der Waals surface area contributed by atoms with Crippen LogP contribution < -0.4 is 0 Å². The molecule has 0 saturated heterocycles. The van der Waals surface area contributed by atoms with Gasteiger partial charge in [0.05, 0.1) is 0 Å². The zero-order valence-corrected chi connectivity index (χ0v) is 15.8. The third-order valence-corrected chi connectivity index (χ3v) is 2.22. The van der Waals surface area contributed by atoms with Crippen LogP contribution in [0.2, 0.25) is 0 Å². The molecule has 0 amide bonds. The van der Waals surface area contributed by atoms with Crippen molar-refractivity contribution in [3.63, 3.8) is 0 Å². The molecule has 0 fully saturated rings. The van der Waals surface area contributed by atoms with Gasteiger partial charge in [-0.05, 0) is 0 Å². The summed E-state index contributed by atoms with van der Waals surface area (Å²) in [6, 6.07) is 40.0. The minimum absolute atomic E-state index is 0. The monoisotopic (exact) mass is 386 g/mol. The first-order valence-corrected chi connectivity index (χ1v) is 6.67. The molecule has 0 N–H and O–H groups in total. The molecule has 4 aromatic carbocycles. The van der Waals surface area contributed by atoms with Crippen molar-refractivity contribution in [3.05, 3.63) is 121 Å². The van der Waals surface area contributed by atoms with Crippen LogP contribution in [0.5, 0.6) is 0 Å². The van der Waals surface area contributed by atoms with Crippen molar-refractivity contribution < 1.29 is 19.5 Å². The molecule has 0 heterocycles. The molecule has 4 rings (SSSR count). The minimum atomic E-state index is 0. The number of rotatable bonds is 0. The first-order valence-electron chi connectivity index (χ1n) is 6.67. The van der Waals surface area contributed by atoms with Crippen molar-refractivity contribution >= 4 is 23.1 Å². The molecule has 110 valence electrons. The molecular formula is C20H20MgRu. The summed E-state index contributed by atoms with van der Waals surface area (Å²) in [7, 11) is 0. The van der Waals surface area contributed by atoms with Crippen LogP contribution in [0.25, 0.3) is 0 Å². The minimum Gasteiger partial charge on any atom is -0.214 e. The molecule has 0 aliphatic rings. The van der Waals surface area contributed by atoms with Crippen LogP contribution in [0.4, 0.5) is 0 Å². The van der Waals surface area contributed by atoms with E-state index in [2.05, 4.69) is 0 Å². The van der Waals surface area contributed by atoms with Crippen LogP contribution in [0, 0.1) is 0 Å². The quantitative estimate of drug-likeness (QED) is 0.287. The van der Waals surface area contributed by atoms with Gasteiger partial charge in [0, 0.05) is 0 Å². The van der Waals surface area contributed by atoms with Crippen molar-refractivity contribution in [2.75, 3.05) is 0 Å². The van der Waals surface area contributed by atoms with E-state index >= 15 is 0 Å². The van der Waals surface area contributed by atoms with Crippen molar-refractivity contribution in [2.45, 2.75) is 0 Å². The third kappa shape index (κ3) is 16.8. The molecular weight excluding hydrogens is 366 g/mol. The summed E-state index contributed by atoms with van der Waals surface area (Å²) in [5, 5.41) is 0. The second-order valence-electron chi connectivity index (χ2n) is 3.85. The van der Waals surface area contributed by atoms with Crippen LogP contribution >= 0.6 is 0 Å². The van der Waals surface area contributed by atoms with E-state index in [1.807, 2.05) is 121 Å². The molecule has 0 atom stereocenters. The van der Waals surface area contributed by atoms with Gasteiger partial charge in [-0.15, -0.1) is 0 Å². The van der Waals surface area contributed by atoms with Gasteiger partial charge in [0.2, 0.25) is 0 Å². The van der Waals surface area contributed by atoms with Crippen LogP contribution in [0.3, 0.4) is 0 Å². The molecule has 0 aliphatic carbocycles. The Morgan fingerprint density at radius 3 is 0.500 bits per heavy atom. The van der Waals surface area contributed by atoms with Gasteiger partial charge >= 0.3 is 42.5 Å². The maximum absolute atomic E-state index is 2.00. The Kier molecular flexibility index (Phi) is 20.7. The molecule has 0 bridgehead atoms. The molecule has 0 saturated carbocycles. The van der Waals surface area contributed by atoms with Gasteiger partial charge in [-0.3, -0.25) is 0 Å². The summed E-state index contributed by atoms with van der Waals surface area (Å²) in [5.41, 5.74) is 0. The van der Waals surface area contributed by atoms with E-state index in [-0.39, 0.29) is 42.5 Å². The van der Waals surface area contributed by atoms with Crippen LogP contribution in [-0.2, 0) is 19.5 Å². The fourth-order valence-corrected chi connectivity index (χ4v) is 1.28. The summed E-state index contributed by atoms with van der Waals surface area (Å²) in [5.74, 6) is 0. The Balaban J connectivity index is 0.